The van der Waals surface area contributed by atoms with Crippen molar-refractivity contribution in [3.63, 3.8) is 0 Å². The molecule has 0 aliphatic carbocycles. The lowest BCUT2D eigenvalue weighted by Crippen LogP contribution is -2.31. The minimum Gasteiger partial charge on any atom is -0.360 e. The summed E-state index contributed by atoms with van der Waals surface area (Å²) in [7, 11) is 2.12. The molecule has 1 aliphatic rings. The van der Waals surface area contributed by atoms with Gasteiger partial charge in [0.15, 0.2) is 0 Å². The van der Waals surface area contributed by atoms with Gasteiger partial charge in [0.25, 0.3) is 0 Å². The van der Waals surface area contributed by atoms with Crippen molar-refractivity contribution in [2.45, 2.75) is 39.7 Å². The second kappa shape index (κ2) is 6.99. The van der Waals surface area contributed by atoms with E-state index in [0.29, 0.717) is 0 Å². The quantitative estimate of drug-likeness (QED) is 0.845. The van der Waals surface area contributed by atoms with Crippen molar-refractivity contribution in [3.05, 3.63) is 47.3 Å². The van der Waals surface area contributed by atoms with E-state index >= 15 is 0 Å². The summed E-state index contributed by atoms with van der Waals surface area (Å²) in [6.07, 6.45) is 3.47. The molecule has 0 radical (unpaired) electrons. The normalized spacial score (nSPS) is 13.8. The van der Waals surface area contributed by atoms with Crippen LogP contribution in [-0.2, 0) is 13.0 Å². The molecule has 0 atom stereocenters. The lowest BCUT2D eigenvalue weighted by Gasteiger charge is -2.30. The maximum atomic E-state index is 4.68. The Balaban J connectivity index is 1.82. The highest BCUT2D eigenvalue weighted by Gasteiger charge is 2.18. The Morgan fingerprint density at radius 1 is 1.17 bits per heavy atom. The molecule has 0 amide bonds. The fraction of sp³-hybridized carbons (Fsp3) is 0.474. The molecule has 1 aromatic heterocycles. The zero-order chi connectivity index (χ0) is 16.2. The van der Waals surface area contributed by atoms with E-state index in [4.69, 9.17) is 0 Å². The summed E-state index contributed by atoms with van der Waals surface area (Å²) in [5, 5.41) is 0. The molecule has 122 valence electrons. The SMILES string of the molecule is CCCCN(C)c1cc(N2CCc3ccccc3C2)nc(C)n1. The Bertz CT molecular complexity index is 668. The summed E-state index contributed by atoms with van der Waals surface area (Å²) in [6.45, 7) is 7.19. The fourth-order valence-corrected chi connectivity index (χ4v) is 3.10. The average Bonchev–Trinajstić information content (AvgIpc) is 2.58. The highest BCUT2D eigenvalue weighted by Crippen LogP contribution is 2.25. The van der Waals surface area contributed by atoms with E-state index in [1.54, 1.807) is 0 Å². The summed E-state index contributed by atoms with van der Waals surface area (Å²) in [5.74, 6) is 2.92. The summed E-state index contributed by atoms with van der Waals surface area (Å²) in [5.41, 5.74) is 2.88. The average molecular weight is 310 g/mol. The first kappa shape index (κ1) is 15.8. The van der Waals surface area contributed by atoms with Crippen molar-refractivity contribution >= 4 is 11.6 Å². The van der Waals surface area contributed by atoms with E-state index in [2.05, 4.69) is 64.1 Å². The minimum atomic E-state index is 0.847. The van der Waals surface area contributed by atoms with E-state index in [1.807, 2.05) is 6.92 Å². The van der Waals surface area contributed by atoms with Crippen LogP contribution in [0.2, 0.25) is 0 Å². The van der Waals surface area contributed by atoms with Gasteiger partial charge in [0, 0.05) is 32.7 Å². The lowest BCUT2D eigenvalue weighted by molar-refractivity contribution is 0.713. The number of unbranched alkanes of at least 4 members (excludes halogenated alkanes) is 1. The highest BCUT2D eigenvalue weighted by molar-refractivity contribution is 5.52. The number of benzene rings is 1. The van der Waals surface area contributed by atoms with E-state index in [0.717, 1.165) is 43.5 Å². The Morgan fingerprint density at radius 2 is 1.96 bits per heavy atom. The number of aryl methyl sites for hydroxylation is 1. The molecule has 1 aromatic carbocycles. The summed E-state index contributed by atoms with van der Waals surface area (Å²) < 4.78 is 0. The van der Waals surface area contributed by atoms with Crippen LogP contribution < -0.4 is 9.80 Å². The molecular weight excluding hydrogens is 284 g/mol. The van der Waals surface area contributed by atoms with Crippen LogP contribution >= 0.6 is 0 Å². The van der Waals surface area contributed by atoms with Gasteiger partial charge in [-0.25, -0.2) is 9.97 Å². The predicted molar refractivity (Wildman–Crippen MR) is 96.1 cm³/mol. The smallest absolute Gasteiger partial charge is 0.134 e. The highest BCUT2D eigenvalue weighted by atomic mass is 15.2. The molecule has 2 aromatic rings. The molecule has 4 heteroatoms. The van der Waals surface area contributed by atoms with Crippen LogP contribution in [0.25, 0.3) is 0 Å². The van der Waals surface area contributed by atoms with Gasteiger partial charge >= 0.3 is 0 Å². The van der Waals surface area contributed by atoms with Crippen molar-refractivity contribution in [1.29, 1.82) is 0 Å². The number of anilines is 2. The van der Waals surface area contributed by atoms with Crippen molar-refractivity contribution < 1.29 is 0 Å². The van der Waals surface area contributed by atoms with Crippen molar-refractivity contribution in [2.75, 3.05) is 29.9 Å². The molecule has 0 bridgehead atoms. The molecule has 2 heterocycles. The number of hydrogen-bond acceptors (Lipinski definition) is 4. The Kier molecular flexibility index (Phi) is 4.79. The number of aromatic nitrogens is 2. The fourth-order valence-electron chi connectivity index (χ4n) is 3.10. The molecular formula is C19H26N4. The Labute approximate surface area is 139 Å². The molecule has 0 saturated heterocycles. The van der Waals surface area contributed by atoms with E-state index in [1.165, 1.54) is 24.0 Å². The molecule has 0 fully saturated rings. The second-order valence-corrected chi connectivity index (χ2v) is 6.35. The maximum absolute atomic E-state index is 4.68. The van der Waals surface area contributed by atoms with Crippen LogP contribution in [0, 0.1) is 6.92 Å². The summed E-state index contributed by atoms with van der Waals surface area (Å²) in [6, 6.07) is 10.9. The van der Waals surface area contributed by atoms with Gasteiger partial charge in [0.05, 0.1) is 0 Å². The van der Waals surface area contributed by atoms with Crippen molar-refractivity contribution in [3.8, 4) is 0 Å². The van der Waals surface area contributed by atoms with Gasteiger partial charge in [-0.2, -0.15) is 0 Å². The zero-order valence-corrected chi connectivity index (χ0v) is 14.4. The van der Waals surface area contributed by atoms with Gasteiger partial charge < -0.3 is 9.80 Å². The van der Waals surface area contributed by atoms with Crippen molar-refractivity contribution in [1.82, 2.24) is 9.97 Å². The number of nitrogens with zero attached hydrogens (tertiary/aromatic N) is 4. The first-order valence-electron chi connectivity index (χ1n) is 8.56. The van der Waals surface area contributed by atoms with Gasteiger partial charge in [-0.05, 0) is 30.9 Å². The van der Waals surface area contributed by atoms with E-state index in [-0.39, 0.29) is 0 Å². The minimum absolute atomic E-state index is 0.847. The molecule has 3 rings (SSSR count). The first-order chi connectivity index (χ1) is 11.2. The van der Waals surface area contributed by atoms with Crippen LogP contribution in [0.4, 0.5) is 11.6 Å². The van der Waals surface area contributed by atoms with Gasteiger partial charge in [-0.15, -0.1) is 0 Å². The van der Waals surface area contributed by atoms with E-state index < -0.39 is 0 Å². The molecule has 0 saturated carbocycles. The number of hydrogen-bond donors (Lipinski definition) is 0. The topological polar surface area (TPSA) is 32.3 Å². The zero-order valence-electron chi connectivity index (χ0n) is 14.4. The largest absolute Gasteiger partial charge is 0.360 e. The van der Waals surface area contributed by atoms with Gasteiger partial charge in [0.1, 0.15) is 17.5 Å². The van der Waals surface area contributed by atoms with Gasteiger partial charge in [-0.3, -0.25) is 0 Å². The van der Waals surface area contributed by atoms with Gasteiger partial charge in [0.2, 0.25) is 0 Å². The van der Waals surface area contributed by atoms with Crippen LogP contribution in [0.15, 0.2) is 30.3 Å². The monoisotopic (exact) mass is 310 g/mol. The molecule has 1 aliphatic heterocycles. The molecule has 0 N–H and O–H groups in total. The van der Waals surface area contributed by atoms with E-state index in [9.17, 15) is 0 Å². The third-order valence-electron chi connectivity index (χ3n) is 4.50. The van der Waals surface area contributed by atoms with Crippen LogP contribution in [-0.4, -0.2) is 30.1 Å². The Hall–Kier alpha value is -2.10. The lowest BCUT2D eigenvalue weighted by atomic mass is 10.00. The van der Waals surface area contributed by atoms with Crippen LogP contribution in [0.5, 0.6) is 0 Å². The molecule has 0 unspecified atom stereocenters. The first-order valence-corrected chi connectivity index (χ1v) is 8.56. The molecule has 23 heavy (non-hydrogen) atoms. The summed E-state index contributed by atoms with van der Waals surface area (Å²) in [4.78, 5) is 13.9. The Morgan fingerprint density at radius 3 is 2.74 bits per heavy atom. The molecule has 0 spiro atoms. The molecule has 4 nitrogen and oxygen atoms in total. The third kappa shape index (κ3) is 3.63. The third-order valence-corrected chi connectivity index (χ3v) is 4.50. The number of fused-ring (bicyclic) bond motifs is 1. The second-order valence-electron chi connectivity index (χ2n) is 6.35. The van der Waals surface area contributed by atoms with Crippen molar-refractivity contribution in [2.24, 2.45) is 0 Å². The maximum Gasteiger partial charge on any atom is 0.134 e. The van der Waals surface area contributed by atoms with Crippen LogP contribution in [0.1, 0.15) is 36.7 Å². The predicted octanol–water partition coefficient (Wildman–Crippen LogP) is 3.58. The van der Waals surface area contributed by atoms with Crippen LogP contribution in [0.3, 0.4) is 0 Å². The summed E-state index contributed by atoms with van der Waals surface area (Å²) >= 11 is 0. The standard InChI is InChI=1S/C19H26N4/c1-4-5-11-22(3)18-13-19(21-15(2)20-18)23-12-10-16-8-6-7-9-17(16)14-23/h6-9,13H,4-5,10-12,14H2,1-3H3. The van der Waals surface area contributed by atoms with Gasteiger partial charge in [-0.1, -0.05) is 37.6 Å². The number of rotatable bonds is 5.